The Kier molecular flexibility index (Phi) is 9.36. The Labute approximate surface area is 333 Å². The highest BCUT2D eigenvalue weighted by Crippen LogP contribution is 2.50. The minimum absolute atomic E-state index is 0.0133. The van der Waals surface area contributed by atoms with Gasteiger partial charge in [0.2, 0.25) is 5.88 Å². The van der Waals surface area contributed by atoms with E-state index < -0.39 is 0 Å². The van der Waals surface area contributed by atoms with Crippen molar-refractivity contribution in [1.82, 2.24) is 4.57 Å². The number of thiazole rings is 1. The molecular formula is C47H38N2O3S3. The minimum Gasteiger partial charge on any atom is -0.493 e. The topological polar surface area (TPSA) is 46.9 Å². The number of anilines is 1. The van der Waals surface area contributed by atoms with Gasteiger partial charge in [0.05, 0.1) is 15.6 Å². The molecule has 0 unspecified atom stereocenters. The third kappa shape index (κ3) is 7.22. The minimum atomic E-state index is 0.0133. The van der Waals surface area contributed by atoms with Crippen molar-refractivity contribution in [2.45, 2.75) is 38.3 Å². The number of thioether (sulfide) groups is 1. The molecule has 2 aliphatic rings. The summed E-state index contributed by atoms with van der Waals surface area (Å²) in [6, 6.07) is 41.7. The van der Waals surface area contributed by atoms with E-state index in [-0.39, 0.29) is 18.0 Å². The maximum atomic E-state index is 11.3. The molecular weight excluding hydrogens is 737 g/mol. The van der Waals surface area contributed by atoms with Crippen molar-refractivity contribution in [2.75, 3.05) is 11.6 Å². The highest BCUT2D eigenvalue weighted by atomic mass is 32.2. The molecule has 0 atom stereocenters. The first kappa shape index (κ1) is 35.2. The van der Waals surface area contributed by atoms with E-state index >= 15 is 0 Å². The van der Waals surface area contributed by atoms with Crippen LogP contribution >= 0.6 is 35.3 Å². The number of ether oxygens (including phenoxy) is 2. The van der Waals surface area contributed by atoms with Gasteiger partial charge in [-0.1, -0.05) is 123 Å². The Morgan fingerprint density at radius 1 is 0.782 bits per heavy atom. The van der Waals surface area contributed by atoms with E-state index in [4.69, 9.17) is 21.7 Å². The Morgan fingerprint density at radius 3 is 2.33 bits per heavy atom. The van der Waals surface area contributed by atoms with Crippen molar-refractivity contribution >= 4 is 79.4 Å². The molecule has 2 heterocycles. The quantitative estimate of drug-likeness (QED) is 0.123. The van der Waals surface area contributed by atoms with Crippen LogP contribution in [0.1, 0.15) is 31.6 Å². The van der Waals surface area contributed by atoms with Gasteiger partial charge in [0.25, 0.3) is 0 Å². The maximum absolute atomic E-state index is 11.3. The highest BCUT2D eigenvalue weighted by molar-refractivity contribution is 8.04. The molecule has 1 aliphatic heterocycles. The van der Waals surface area contributed by atoms with Gasteiger partial charge >= 0.3 is 0 Å². The van der Waals surface area contributed by atoms with Crippen molar-refractivity contribution in [3.8, 4) is 17.4 Å². The van der Waals surface area contributed by atoms with Crippen LogP contribution < -0.4 is 14.4 Å². The van der Waals surface area contributed by atoms with E-state index in [1.165, 1.54) is 38.0 Å². The first-order chi connectivity index (χ1) is 26.8. The van der Waals surface area contributed by atoms with Crippen molar-refractivity contribution in [2.24, 2.45) is 5.41 Å². The highest BCUT2D eigenvalue weighted by Gasteiger charge is 2.30. The molecule has 55 heavy (non-hydrogen) atoms. The van der Waals surface area contributed by atoms with Crippen molar-refractivity contribution in [3.63, 3.8) is 0 Å². The summed E-state index contributed by atoms with van der Waals surface area (Å²) < 4.78 is 14.8. The Balaban J connectivity index is 1.02. The Morgan fingerprint density at radius 2 is 1.49 bits per heavy atom. The van der Waals surface area contributed by atoms with Crippen LogP contribution in [0.5, 0.6) is 17.4 Å². The molecule has 0 saturated heterocycles. The SMILES string of the molecule is CC1(C)CC(=C=Cc2sc(=S)n(COc3cccc4ccccc34)c2O)C=C(C=C2Sc3c(ccc4ccccc34)N2COc2ccc3ccccc3c2)C1. The summed E-state index contributed by atoms with van der Waals surface area (Å²) in [6.07, 6.45) is 8.20. The monoisotopic (exact) mass is 774 g/mol. The fourth-order valence-electron chi connectivity index (χ4n) is 7.50. The number of hydrogen-bond acceptors (Lipinski definition) is 7. The van der Waals surface area contributed by atoms with E-state index in [9.17, 15) is 5.11 Å². The largest absolute Gasteiger partial charge is 0.493 e. The zero-order valence-electron chi connectivity index (χ0n) is 30.5. The average Bonchev–Trinajstić information content (AvgIpc) is 3.68. The Bertz CT molecular complexity index is 2820. The van der Waals surface area contributed by atoms with Crippen LogP contribution in [0.25, 0.3) is 38.4 Å². The van der Waals surface area contributed by atoms with Gasteiger partial charge in [0, 0.05) is 16.4 Å². The summed E-state index contributed by atoms with van der Waals surface area (Å²) >= 11 is 8.82. The van der Waals surface area contributed by atoms with E-state index in [0.717, 1.165) is 56.8 Å². The van der Waals surface area contributed by atoms with Crippen molar-refractivity contribution < 1.29 is 14.6 Å². The smallest absolute Gasteiger partial charge is 0.214 e. The van der Waals surface area contributed by atoms with Gasteiger partial charge in [-0.25, -0.2) is 0 Å². The van der Waals surface area contributed by atoms with Crippen molar-refractivity contribution in [3.05, 3.63) is 164 Å². The first-order valence-corrected chi connectivity index (χ1v) is 20.3. The second-order valence-electron chi connectivity index (χ2n) is 14.7. The van der Waals surface area contributed by atoms with Gasteiger partial charge in [-0.2, -0.15) is 0 Å². The summed E-state index contributed by atoms with van der Waals surface area (Å²) in [5, 5.41) is 19.3. The predicted octanol–water partition coefficient (Wildman–Crippen LogP) is 13.3. The molecule has 1 aromatic heterocycles. The third-order valence-electron chi connectivity index (χ3n) is 10.1. The fraction of sp³-hybridized carbons (Fsp3) is 0.149. The molecule has 0 saturated carbocycles. The molecule has 7 aromatic rings. The van der Waals surface area contributed by atoms with Gasteiger partial charge in [0.15, 0.2) is 17.4 Å². The predicted molar refractivity (Wildman–Crippen MR) is 232 cm³/mol. The number of fused-ring (bicyclic) bond motifs is 5. The van der Waals surface area contributed by atoms with E-state index in [0.29, 0.717) is 15.6 Å². The number of benzene rings is 6. The molecule has 0 bridgehead atoms. The number of aromatic nitrogens is 1. The zero-order valence-corrected chi connectivity index (χ0v) is 32.9. The molecule has 1 aliphatic carbocycles. The number of hydrogen-bond donors (Lipinski definition) is 1. The number of aromatic hydroxyl groups is 1. The fourth-order valence-corrected chi connectivity index (χ4v) is 9.93. The molecule has 0 amide bonds. The van der Waals surface area contributed by atoms with E-state index in [2.05, 4.69) is 122 Å². The van der Waals surface area contributed by atoms with Gasteiger partial charge in [-0.3, -0.25) is 4.57 Å². The van der Waals surface area contributed by atoms with Crippen LogP contribution in [0.3, 0.4) is 0 Å². The number of rotatable bonds is 8. The average molecular weight is 775 g/mol. The normalized spacial score (nSPS) is 15.7. The zero-order chi connectivity index (χ0) is 37.5. The van der Waals surface area contributed by atoms with Crippen LogP contribution in [-0.4, -0.2) is 16.4 Å². The maximum Gasteiger partial charge on any atom is 0.214 e. The lowest BCUT2D eigenvalue weighted by Crippen LogP contribution is -2.24. The summed E-state index contributed by atoms with van der Waals surface area (Å²) in [6.45, 7) is 5.09. The molecule has 0 fully saturated rings. The molecule has 272 valence electrons. The van der Waals surface area contributed by atoms with Crippen LogP contribution in [-0.2, 0) is 6.73 Å². The van der Waals surface area contributed by atoms with Crippen molar-refractivity contribution in [1.29, 1.82) is 0 Å². The molecule has 9 rings (SSSR count). The lowest BCUT2D eigenvalue weighted by Gasteiger charge is -2.30. The first-order valence-electron chi connectivity index (χ1n) is 18.3. The summed E-state index contributed by atoms with van der Waals surface area (Å²) in [5.74, 6) is 1.67. The number of nitrogens with zero attached hydrogens (tertiary/aromatic N) is 2. The van der Waals surface area contributed by atoms with E-state index in [1.807, 2.05) is 42.5 Å². The summed E-state index contributed by atoms with van der Waals surface area (Å²) in [5.41, 5.74) is 6.99. The van der Waals surface area contributed by atoms with Gasteiger partial charge < -0.3 is 19.5 Å². The second kappa shape index (κ2) is 14.6. The Hall–Kier alpha value is -5.50. The summed E-state index contributed by atoms with van der Waals surface area (Å²) in [7, 11) is 0. The lowest BCUT2D eigenvalue weighted by atomic mass is 9.75. The van der Waals surface area contributed by atoms with Crippen LogP contribution in [0.4, 0.5) is 5.69 Å². The third-order valence-corrected chi connectivity index (χ3v) is 12.7. The standard InChI is InChI=1S/C47H38N2O3S3/c1-47(2)27-31(18-23-42-45(50)49(46(53)54-42)30-52-41-17-9-14-34-11-5-7-15-38(34)41)24-32(28-47)25-43-48(29-51-37-21-19-33-10-3-4-13-36(33)26-37)40-22-20-35-12-6-8-16-39(35)44(40)55-43/h3-17,19-26,50H,27-30H2,1-2H3. The van der Waals surface area contributed by atoms with E-state index in [1.54, 1.807) is 16.3 Å². The molecule has 8 heteroatoms. The van der Waals surface area contributed by atoms with Crippen LogP contribution in [0.2, 0.25) is 0 Å². The summed E-state index contributed by atoms with van der Waals surface area (Å²) in [4.78, 5) is 4.18. The molecule has 5 nitrogen and oxygen atoms in total. The molecule has 1 N–H and O–H groups in total. The van der Waals surface area contributed by atoms with Gasteiger partial charge in [0.1, 0.15) is 11.5 Å². The molecule has 6 aromatic carbocycles. The lowest BCUT2D eigenvalue weighted by molar-refractivity contribution is 0.222. The second-order valence-corrected chi connectivity index (χ2v) is 17.4. The van der Waals surface area contributed by atoms with Gasteiger partial charge in [-0.05, 0) is 105 Å². The van der Waals surface area contributed by atoms with Crippen LogP contribution in [0.15, 0.2) is 160 Å². The van der Waals surface area contributed by atoms with Crippen LogP contribution in [0, 0.1) is 9.37 Å². The molecule has 0 spiro atoms. The molecule has 0 radical (unpaired) electrons. The number of allylic oxidation sites excluding steroid dienone is 4. The van der Waals surface area contributed by atoms with Gasteiger partial charge in [-0.15, -0.1) is 17.1 Å².